The van der Waals surface area contributed by atoms with E-state index in [2.05, 4.69) is 12.5 Å². The largest absolute Gasteiger partial charge is 0.335 e. The third-order valence-corrected chi connectivity index (χ3v) is 3.62. The number of nitrogens with zero attached hydrogens (tertiary/aromatic N) is 1. The lowest BCUT2D eigenvalue weighted by Gasteiger charge is -2.29. The first kappa shape index (κ1) is 15.0. The number of quaternary nitrogens is 1. The van der Waals surface area contributed by atoms with E-state index >= 15 is 0 Å². The first-order valence-electron chi connectivity index (χ1n) is 6.55. The van der Waals surface area contributed by atoms with E-state index in [0.29, 0.717) is 0 Å². The predicted molar refractivity (Wildman–Crippen MR) is 76.8 cm³/mol. The Labute approximate surface area is 122 Å². The highest BCUT2D eigenvalue weighted by molar-refractivity contribution is 6.32. The third-order valence-electron chi connectivity index (χ3n) is 3.29. The van der Waals surface area contributed by atoms with Gasteiger partial charge in [0.2, 0.25) is 0 Å². The highest BCUT2D eigenvalue weighted by atomic mass is 35.5. The molecule has 1 saturated heterocycles. The molecule has 1 amide bonds. The quantitative estimate of drug-likeness (QED) is 0.791. The lowest BCUT2D eigenvalue weighted by Crippen LogP contribution is -3.12. The second-order valence-electron chi connectivity index (χ2n) is 4.89. The summed E-state index contributed by atoms with van der Waals surface area (Å²) in [5.74, 6) is -0.714. The van der Waals surface area contributed by atoms with E-state index in [0.717, 1.165) is 26.2 Å². The first-order chi connectivity index (χ1) is 9.56. The molecule has 1 fully saturated rings. The van der Waals surface area contributed by atoms with Crippen LogP contribution in [-0.2, 0) is 4.79 Å². The van der Waals surface area contributed by atoms with E-state index in [4.69, 9.17) is 11.6 Å². The van der Waals surface area contributed by atoms with Crippen molar-refractivity contribution in [1.82, 2.24) is 10.4 Å². The number of hydrazine groups is 1. The monoisotopic (exact) mass is 298 g/mol. The van der Waals surface area contributed by atoms with Gasteiger partial charge in [0.1, 0.15) is 5.82 Å². The second-order valence-corrected chi connectivity index (χ2v) is 5.30. The van der Waals surface area contributed by atoms with Gasteiger partial charge in [0.05, 0.1) is 38.2 Å². The van der Waals surface area contributed by atoms with Gasteiger partial charge in [-0.05, 0) is 18.2 Å². The molecule has 1 aliphatic heterocycles. The summed E-state index contributed by atoms with van der Waals surface area (Å²) in [7, 11) is 2.12. The van der Waals surface area contributed by atoms with Gasteiger partial charge in [-0.2, -0.15) is 0 Å². The van der Waals surface area contributed by atoms with E-state index in [-0.39, 0.29) is 16.5 Å². The van der Waals surface area contributed by atoms with Crippen LogP contribution in [0, 0.1) is 5.82 Å². The zero-order chi connectivity index (χ0) is 14.5. The number of nitrogens with one attached hydrogen (secondary N) is 2. The Hall–Kier alpha value is -1.43. The summed E-state index contributed by atoms with van der Waals surface area (Å²) in [4.78, 5) is 13.2. The van der Waals surface area contributed by atoms with E-state index in [1.54, 1.807) is 6.07 Å². The van der Waals surface area contributed by atoms with Crippen LogP contribution in [0.3, 0.4) is 0 Å². The molecule has 1 aromatic carbocycles. The SMILES string of the molecule is C[NH+]1CCN(NC(=O)/C=C/c2c(F)cccc2Cl)CC1. The van der Waals surface area contributed by atoms with Crippen molar-refractivity contribution in [3.8, 4) is 0 Å². The van der Waals surface area contributed by atoms with Crippen LogP contribution < -0.4 is 10.3 Å². The molecule has 0 aliphatic carbocycles. The molecule has 6 heteroatoms. The van der Waals surface area contributed by atoms with Crippen LogP contribution in [0.25, 0.3) is 6.08 Å². The first-order valence-corrected chi connectivity index (χ1v) is 6.93. The fourth-order valence-corrected chi connectivity index (χ4v) is 2.25. The van der Waals surface area contributed by atoms with Gasteiger partial charge in [0, 0.05) is 11.6 Å². The number of carbonyl (C=O) groups is 1. The number of carbonyl (C=O) groups excluding carboxylic acids is 1. The Morgan fingerprint density at radius 1 is 1.45 bits per heavy atom. The van der Waals surface area contributed by atoms with Crippen molar-refractivity contribution in [2.45, 2.75) is 0 Å². The van der Waals surface area contributed by atoms with Gasteiger partial charge in [0.15, 0.2) is 0 Å². The van der Waals surface area contributed by atoms with E-state index < -0.39 is 5.82 Å². The fraction of sp³-hybridized carbons (Fsp3) is 0.357. The van der Waals surface area contributed by atoms with Crippen LogP contribution in [0.2, 0.25) is 5.02 Å². The number of amides is 1. The van der Waals surface area contributed by atoms with E-state index in [9.17, 15) is 9.18 Å². The molecular formula is C14H18ClFN3O+. The van der Waals surface area contributed by atoms with Crippen molar-refractivity contribution in [3.05, 3.63) is 40.7 Å². The van der Waals surface area contributed by atoms with Crippen molar-refractivity contribution in [3.63, 3.8) is 0 Å². The maximum atomic E-state index is 13.5. The molecule has 0 saturated carbocycles. The number of piperazine rings is 1. The van der Waals surface area contributed by atoms with Crippen LogP contribution in [0.1, 0.15) is 5.56 Å². The highest BCUT2D eigenvalue weighted by Gasteiger charge is 2.17. The van der Waals surface area contributed by atoms with E-state index in [1.165, 1.54) is 29.2 Å². The summed E-state index contributed by atoms with van der Waals surface area (Å²) < 4.78 is 13.5. The van der Waals surface area contributed by atoms with Gasteiger partial charge >= 0.3 is 0 Å². The number of likely N-dealkylation sites (N-methyl/N-ethyl adjacent to an activating group) is 1. The minimum absolute atomic E-state index is 0.229. The number of rotatable bonds is 3. The smallest absolute Gasteiger partial charge is 0.258 e. The molecule has 20 heavy (non-hydrogen) atoms. The molecule has 4 nitrogen and oxygen atoms in total. The zero-order valence-electron chi connectivity index (χ0n) is 11.3. The summed E-state index contributed by atoms with van der Waals surface area (Å²) in [6, 6.07) is 4.43. The molecular weight excluding hydrogens is 281 g/mol. The van der Waals surface area contributed by atoms with Gasteiger partial charge in [0.25, 0.3) is 5.91 Å². The Morgan fingerprint density at radius 2 is 2.15 bits per heavy atom. The Morgan fingerprint density at radius 3 is 2.80 bits per heavy atom. The molecule has 0 atom stereocenters. The summed E-state index contributed by atoms with van der Waals surface area (Å²) >= 11 is 5.88. The Bertz CT molecular complexity index is 493. The highest BCUT2D eigenvalue weighted by Crippen LogP contribution is 2.20. The van der Waals surface area contributed by atoms with Crippen molar-refractivity contribution in [1.29, 1.82) is 0 Å². The fourth-order valence-electron chi connectivity index (χ4n) is 2.02. The molecule has 1 heterocycles. The van der Waals surface area contributed by atoms with Crippen LogP contribution in [0.15, 0.2) is 24.3 Å². The van der Waals surface area contributed by atoms with Crippen molar-refractivity contribution in [2.24, 2.45) is 0 Å². The van der Waals surface area contributed by atoms with Crippen LogP contribution in [0.5, 0.6) is 0 Å². The molecule has 0 radical (unpaired) electrons. The zero-order valence-corrected chi connectivity index (χ0v) is 12.1. The van der Waals surface area contributed by atoms with Gasteiger partial charge in [-0.3, -0.25) is 10.2 Å². The van der Waals surface area contributed by atoms with Crippen molar-refractivity contribution >= 4 is 23.6 Å². The average Bonchev–Trinajstić information content (AvgIpc) is 2.41. The van der Waals surface area contributed by atoms with Crippen LogP contribution in [-0.4, -0.2) is 44.1 Å². The lowest BCUT2D eigenvalue weighted by molar-refractivity contribution is -0.884. The molecule has 0 unspecified atom stereocenters. The predicted octanol–water partition coefficient (Wildman–Crippen LogP) is 0.354. The number of halogens is 2. The minimum Gasteiger partial charge on any atom is -0.335 e. The molecule has 0 bridgehead atoms. The van der Waals surface area contributed by atoms with Gasteiger partial charge < -0.3 is 4.90 Å². The van der Waals surface area contributed by atoms with Gasteiger partial charge in [-0.1, -0.05) is 17.7 Å². The molecule has 0 spiro atoms. The molecule has 1 aromatic rings. The van der Waals surface area contributed by atoms with Crippen molar-refractivity contribution in [2.75, 3.05) is 33.2 Å². The number of hydrogen-bond acceptors (Lipinski definition) is 2. The average molecular weight is 299 g/mol. The molecule has 0 aromatic heterocycles. The second kappa shape index (κ2) is 6.83. The summed E-state index contributed by atoms with van der Waals surface area (Å²) in [6.45, 7) is 3.60. The molecule has 2 N–H and O–H groups in total. The van der Waals surface area contributed by atoms with Crippen LogP contribution in [0.4, 0.5) is 4.39 Å². The standard InChI is InChI=1S/C14H17ClFN3O/c1-18-7-9-19(10-8-18)17-14(20)6-5-11-12(15)3-2-4-13(11)16/h2-6H,7-10H2,1H3,(H,17,20)/p+1/b6-5+. The minimum atomic E-state index is -0.440. The molecule has 1 aliphatic rings. The summed E-state index contributed by atoms with van der Waals surface area (Å²) in [6.07, 6.45) is 2.70. The lowest BCUT2D eigenvalue weighted by atomic mass is 10.2. The Balaban J connectivity index is 1.92. The van der Waals surface area contributed by atoms with Crippen molar-refractivity contribution < 1.29 is 14.1 Å². The number of hydrogen-bond donors (Lipinski definition) is 2. The van der Waals surface area contributed by atoms with E-state index in [1.807, 2.05) is 5.01 Å². The topological polar surface area (TPSA) is 36.8 Å². The number of benzene rings is 1. The normalized spacial score (nSPS) is 17.6. The summed E-state index contributed by atoms with van der Waals surface area (Å²) in [5.41, 5.74) is 3.01. The van der Waals surface area contributed by atoms with Gasteiger partial charge in [-0.15, -0.1) is 0 Å². The third kappa shape index (κ3) is 4.03. The molecule has 108 valence electrons. The Kier molecular flexibility index (Phi) is 5.11. The maximum absolute atomic E-state index is 13.5. The summed E-state index contributed by atoms with van der Waals surface area (Å²) in [5, 5.41) is 2.17. The maximum Gasteiger partial charge on any atom is 0.258 e. The van der Waals surface area contributed by atoms with Crippen LogP contribution >= 0.6 is 11.6 Å². The van der Waals surface area contributed by atoms with Gasteiger partial charge in [-0.25, -0.2) is 9.40 Å². The molecule has 2 rings (SSSR count).